The Balaban J connectivity index is 1.78. The van der Waals surface area contributed by atoms with E-state index in [9.17, 15) is 4.39 Å². The number of hydrogen-bond acceptors (Lipinski definition) is 4. The molecular formula is C17H27FN4. The Hall–Kier alpha value is -1.01. The highest BCUT2D eigenvalue weighted by Crippen LogP contribution is 2.26. The lowest BCUT2D eigenvalue weighted by Gasteiger charge is -2.41. The fraction of sp³-hybridized carbons (Fsp3) is 0.647. The van der Waals surface area contributed by atoms with Crippen LogP contribution in [0.3, 0.4) is 0 Å². The molecule has 2 heterocycles. The third kappa shape index (κ3) is 3.84. The van der Waals surface area contributed by atoms with Crippen LogP contribution < -0.4 is 10.6 Å². The van der Waals surface area contributed by atoms with Crippen LogP contribution in [0.4, 0.5) is 4.39 Å². The SMILES string of the molecule is CN1CCNC[C@@H]1[C@H](CN1CCNCC1)c1ccc(F)cc1. The molecule has 0 saturated carbocycles. The molecule has 1 aromatic rings. The van der Waals surface area contributed by atoms with Crippen molar-refractivity contribution in [2.24, 2.45) is 0 Å². The predicted octanol–water partition coefficient (Wildman–Crippen LogP) is 0.718. The van der Waals surface area contributed by atoms with Crippen LogP contribution in [0, 0.1) is 5.82 Å². The zero-order valence-electron chi connectivity index (χ0n) is 13.4. The Labute approximate surface area is 132 Å². The summed E-state index contributed by atoms with van der Waals surface area (Å²) in [5, 5.41) is 6.93. The summed E-state index contributed by atoms with van der Waals surface area (Å²) in [6.07, 6.45) is 0. The van der Waals surface area contributed by atoms with Gasteiger partial charge >= 0.3 is 0 Å². The minimum absolute atomic E-state index is 0.153. The molecule has 122 valence electrons. The second-order valence-electron chi connectivity index (χ2n) is 6.46. The van der Waals surface area contributed by atoms with Gasteiger partial charge in [-0.15, -0.1) is 0 Å². The van der Waals surface area contributed by atoms with Gasteiger partial charge in [0.05, 0.1) is 0 Å². The van der Waals surface area contributed by atoms with E-state index in [-0.39, 0.29) is 5.82 Å². The van der Waals surface area contributed by atoms with Gasteiger partial charge < -0.3 is 20.4 Å². The Kier molecular flexibility index (Phi) is 5.41. The number of piperazine rings is 2. The van der Waals surface area contributed by atoms with Crippen LogP contribution in [-0.4, -0.2) is 75.2 Å². The molecule has 2 aliphatic rings. The maximum atomic E-state index is 13.3. The molecule has 0 unspecified atom stereocenters. The van der Waals surface area contributed by atoms with Crippen LogP contribution in [0.2, 0.25) is 0 Å². The lowest BCUT2D eigenvalue weighted by Crippen LogP contribution is -2.55. The van der Waals surface area contributed by atoms with Crippen LogP contribution in [0.25, 0.3) is 0 Å². The Morgan fingerprint density at radius 1 is 1.09 bits per heavy atom. The van der Waals surface area contributed by atoms with E-state index in [2.05, 4.69) is 27.5 Å². The fourth-order valence-electron chi connectivity index (χ4n) is 3.61. The number of benzene rings is 1. The third-order valence-electron chi connectivity index (χ3n) is 4.99. The number of hydrogen-bond donors (Lipinski definition) is 2. The highest BCUT2D eigenvalue weighted by molar-refractivity contribution is 5.23. The molecule has 2 fully saturated rings. The molecule has 0 aliphatic carbocycles. The monoisotopic (exact) mass is 306 g/mol. The van der Waals surface area contributed by atoms with Crippen LogP contribution in [0.5, 0.6) is 0 Å². The minimum atomic E-state index is -0.153. The van der Waals surface area contributed by atoms with Gasteiger partial charge in [-0.25, -0.2) is 4.39 Å². The largest absolute Gasteiger partial charge is 0.314 e. The van der Waals surface area contributed by atoms with Crippen LogP contribution in [0.15, 0.2) is 24.3 Å². The van der Waals surface area contributed by atoms with Crippen LogP contribution >= 0.6 is 0 Å². The molecule has 0 aromatic heterocycles. The van der Waals surface area contributed by atoms with Gasteiger partial charge in [0, 0.05) is 64.3 Å². The van der Waals surface area contributed by atoms with E-state index in [0.717, 1.165) is 52.4 Å². The van der Waals surface area contributed by atoms with Crippen LogP contribution in [0.1, 0.15) is 11.5 Å². The number of halogens is 1. The van der Waals surface area contributed by atoms with E-state index >= 15 is 0 Å². The molecular weight excluding hydrogens is 279 g/mol. The number of nitrogens with zero attached hydrogens (tertiary/aromatic N) is 2. The van der Waals surface area contributed by atoms with Crippen molar-refractivity contribution < 1.29 is 4.39 Å². The zero-order valence-corrected chi connectivity index (χ0v) is 13.4. The van der Waals surface area contributed by atoms with E-state index in [4.69, 9.17) is 0 Å². The zero-order chi connectivity index (χ0) is 15.4. The van der Waals surface area contributed by atoms with Gasteiger partial charge in [0.15, 0.2) is 0 Å². The molecule has 2 N–H and O–H groups in total. The molecule has 3 rings (SSSR count). The average Bonchev–Trinajstić information content (AvgIpc) is 2.55. The molecule has 4 nitrogen and oxygen atoms in total. The van der Waals surface area contributed by atoms with Gasteiger partial charge in [-0.1, -0.05) is 12.1 Å². The number of likely N-dealkylation sites (N-methyl/N-ethyl adjacent to an activating group) is 1. The quantitative estimate of drug-likeness (QED) is 0.858. The van der Waals surface area contributed by atoms with Crippen molar-refractivity contribution in [1.29, 1.82) is 0 Å². The van der Waals surface area contributed by atoms with E-state index in [1.165, 1.54) is 5.56 Å². The van der Waals surface area contributed by atoms with Gasteiger partial charge in [0.2, 0.25) is 0 Å². The Morgan fingerprint density at radius 3 is 2.45 bits per heavy atom. The number of rotatable bonds is 4. The highest BCUT2D eigenvalue weighted by Gasteiger charge is 2.30. The summed E-state index contributed by atoms with van der Waals surface area (Å²) in [6.45, 7) is 8.50. The Morgan fingerprint density at radius 2 is 1.77 bits per heavy atom. The van der Waals surface area contributed by atoms with E-state index in [1.54, 1.807) is 12.1 Å². The summed E-state index contributed by atoms with van der Waals surface area (Å²) in [6, 6.07) is 7.58. The second kappa shape index (κ2) is 7.51. The summed E-state index contributed by atoms with van der Waals surface area (Å²) < 4.78 is 13.3. The molecule has 0 spiro atoms. The lowest BCUT2D eigenvalue weighted by molar-refractivity contribution is 0.137. The smallest absolute Gasteiger partial charge is 0.123 e. The van der Waals surface area contributed by atoms with Crippen molar-refractivity contribution in [3.05, 3.63) is 35.6 Å². The first-order valence-corrected chi connectivity index (χ1v) is 8.33. The molecule has 0 radical (unpaired) electrons. The van der Waals surface area contributed by atoms with Crippen molar-refractivity contribution in [3.63, 3.8) is 0 Å². The van der Waals surface area contributed by atoms with Gasteiger partial charge in [-0.3, -0.25) is 0 Å². The summed E-state index contributed by atoms with van der Waals surface area (Å²) >= 11 is 0. The first kappa shape index (κ1) is 15.9. The first-order chi connectivity index (χ1) is 10.7. The topological polar surface area (TPSA) is 30.5 Å². The van der Waals surface area contributed by atoms with E-state index < -0.39 is 0 Å². The van der Waals surface area contributed by atoms with Crippen molar-refractivity contribution in [2.45, 2.75) is 12.0 Å². The highest BCUT2D eigenvalue weighted by atomic mass is 19.1. The minimum Gasteiger partial charge on any atom is -0.314 e. The molecule has 2 atom stereocenters. The average molecular weight is 306 g/mol. The summed E-state index contributed by atoms with van der Waals surface area (Å²) in [5.41, 5.74) is 1.25. The summed E-state index contributed by atoms with van der Waals surface area (Å²) in [5.74, 6) is 0.260. The summed E-state index contributed by atoms with van der Waals surface area (Å²) in [4.78, 5) is 4.99. The normalized spacial score (nSPS) is 26.0. The molecule has 5 heteroatoms. The van der Waals surface area contributed by atoms with Crippen molar-refractivity contribution in [2.75, 3.05) is 59.4 Å². The van der Waals surface area contributed by atoms with Crippen molar-refractivity contribution in [1.82, 2.24) is 20.4 Å². The number of nitrogens with one attached hydrogen (secondary N) is 2. The third-order valence-corrected chi connectivity index (χ3v) is 4.99. The fourth-order valence-corrected chi connectivity index (χ4v) is 3.61. The first-order valence-electron chi connectivity index (χ1n) is 8.33. The van der Waals surface area contributed by atoms with Gasteiger partial charge in [0.25, 0.3) is 0 Å². The second-order valence-corrected chi connectivity index (χ2v) is 6.46. The maximum absolute atomic E-state index is 13.3. The summed E-state index contributed by atoms with van der Waals surface area (Å²) in [7, 11) is 2.21. The van der Waals surface area contributed by atoms with Gasteiger partial charge in [-0.2, -0.15) is 0 Å². The maximum Gasteiger partial charge on any atom is 0.123 e. The molecule has 2 aliphatic heterocycles. The van der Waals surface area contributed by atoms with Gasteiger partial charge in [0.1, 0.15) is 5.82 Å². The van der Waals surface area contributed by atoms with Crippen molar-refractivity contribution in [3.8, 4) is 0 Å². The van der Waals surface area contributed by atoms with E-state index in [1.807, 2.05) is 12.1 Å². The van der Waals surface area contributed by atoms with E-state index in [0.29, 0.717) is 12.0 Å². The molecule has 2 saturated heterocycles. The van der Waals surface area contributed by atoms with Gasteiger partial charge in [-0.05, 0) is 24.7 Å². The molecule has 1 aromatic carbocycles. The molecule has 0 amide bonds. The Bertz CT molecular complexity index is 458. The standard InChI is InChI=1S/C17H27FN4/c1-21-9-6-20-12-17(21)16(13-22-10-7-19-8-11-22)14-2-4-15(18)5-3-14/h2-5,16-17,19-20H,6-13H2,1H3/t16-,17-/m1/s1. The van der Waals surface area contributed by atoms with Crippen LogP contribution in [-0.2, 0) is 0 Å². The molecule has 22 heavy (non-hydrogen) atoms. The molecule has 0 bridgehead atoms. The lowest BCUT2D eigenvalue weighted by atomic mass is 9.88. The van der Waals surface area contributed by atoms with Crippen molar-refractivity contribution >= 4 is 0 Å². The predicted molar refractivity (Wildman–Crippen MR) is 87.7 cm³/mol.